The maximum atomic E-state index is 11.8. The average molecular weight is 265 g/mol. The van der Waals surface area contributed by atoms with E-state index >= 15 is 0 Å². The van der Waals surface area contributed by atoms with Crippen molar-refractivity contribution < 1.29 is 14.3 Å². The molecule has 1 unspecified atom stereocenters. The standard InChI is InChI=1S/C13H15NO3S/c1-2-17-12(16)8-14-11(15)9-18-13(14)10-6-4-3-5-7-10/h3-7,13H,2,8-9H2,1H3. The number of hydrogen-bond acceptors (Lipinski definition) is 4. The Balaban J connectivity index is 2.11. The molecule has 0 N–H and O–H groups in total. The first-order chi connectivity index (χ1) is 8.72. The number of amides is 1. The molecule has 96 valence electrons. The lowest BCUT2D eigenvalue weighted by Crippen LogP contribution is -2.34. The van der Waals surface area contributed by atoms with Crippen molar-refractivity contribution in [2.24, 2.45) is 0 Å². The highest BCUT2D eigenvalue weighted by atomic mass is 32.2. The van der Waals surface area contributed by atoms with E-state index in [0.29, 0.717) is 12.4 Å². The number of ether oxygens (including phenoxy) is 1. The van der Waals surface area contributed by atoms with Crippen molar-refractivity contribution in [3.8, 4) is 0 Å². The zero-order valence-electron chi connectivity index (χ0n) is 10.2. The molecule has 0 spiro atoms. The first-order valence-corrected chi connectivity index (χ1v) is 6.89. The number of hydrogen-bond donors (Lipinski definition) is 0. The van der Waals surface area contributed by atoms with Crippen LogP contribution in [0, 0.1) is 0 Å². The summed E-state index contributed by atoms with van der Waals surface area (Å²) in [5.41, 5.74) is 1.04. The van der Waals surface area contributed by atoms with Gasteiger partial charge in [0.25, 0.3) is 0 Å². The minimum Gasteiger partial charge on any atom is -0.465 e. The first kappa shape index (κ1) is 13.0. The van der Waals surface area contributed by atoms with Gasteiger partial charge in [0.05, 0.1) is 12.4 Å². The molecule has 0 bridgehead atoms. The second kappa shape index (κ2) is 5.91. The number of nitrogens with zero attached hydrogens (tertiary/aromatic N) is 1. The molecule has 2 rings (SSSR count). The van der Waals surface area contributed by atoms with Gasteiger partial charge in [-0.05, 0) is 12.5 Å². The van der Waals surface area contributed by atoms with Crippen LogP contribution in [0.1, 0.15) is 17.9 Å². The van der Waals surface area contributed by atoms with Crippen LogP contribution < -0.4 is 0 Å². The van der Waals surface area contributed by atoms with E-state index in [1.54, 1.807) is 23.6 Å². The smallest absolute Gasteiger partial charge is 0.325 e. The van der Waals surface area contributed by atoms with Crippen molar-refractivity contribution in [1.29, 1.82) is 0 Å². The zero-order valence-corrected chi connectivity index (χ0v) is 11.0. The van der Waals surface area contributed by atoms with Gasteiger partial charge in [0.1, 0.15) is 11.9 Å². The third-order valence-electron chi connectivity index (χ3n) is 2.66. The molecule has 0 aromatic heterocycles. The number of thioether (sulfide) groups is 1. The Hall–Kier alpha value is -1.49. The highest BCUT2D eigenvalue weighted by Crippen LogP contribution is 2.38. The molecule has 1 heterocycles. The van der Waals surface area contributed by atoms with Gasteiger partial charge in [-0.2, -0.15) is 0 Å². The molecule has 1 fully saturated rings. The minimum atomic E-state index is -0.353. The highest BCUT2D eigenvalue weighted by Gasteiger charge is 2.34. The van der Waals surface area contributed by atoms with E-state index in [2.05, 4.69) is 0 Å². The summed E-state index contributed by atoms with van der Waals surface area (Å²) in [7, 11) is 0. The fourth-order valence-corrected chi connectivity index (χ4v) is 3.05. The van der Waals surface area contributed by atoms with Gasteiger partial charge in [0, 0.05) is 0 Å². The summed E-state index contributed by atoms with van der Waals surface area (Å²) >= 11 is 1.54. The molecule has 1 saturated heterocycles. The SMILES string of the molecule is CCOC(=O)CN1C(=O)CSC1c1ccccc1. The van der Waals surface area contributed by atoms with Gasteiger partial charge in [0.2, 0.25) is 5.91 Å². The molecule has 5 heteroatoms. The lowest BCUT2D eigenvalue weighted by Gasteiger charge is -2.23. The van der Waals surface area contributed by atoms with Crippen LogP contribution in [0.15, 0.2) is 30.3 Å². The third-order valence-corrected chi connectivity index (χ3v) is 3.91. The van der Waals surface area contributed by atoms with Gasteiger partial charge in [-0.1, -0.05) is 30.3 Å². The molecule has 1 aromatic carbocycles. The van der Waals surface area contributed by atoms with E-state index in [4.69, 9.17) is 4.74 Å². The lowest BCUT2D eigenvalue weighted by atomic mass is 10.2. The van der Waals surface area contributed by atoms with E-state index in [0.717, 1.165) is 5.56 Å². The van der Waals surface area contributed by atoms with Gasteiger partial charge < -0.3 is 9.64 Å². The number of carbonyl (C=O) groups is 2. The largest absolute Gasteiger partial charge is 0.465 e. The molecule has 1 aliphatic heterocycles. The molecule has 1 amide bonds. The second-order valence-corrected chi connectivity index (χ2v) is 4.97. The van der Waals surface area contributed by atoms with Gasteiger partial charge >= 0.3 is 5.97 Å². The molecule has 18 heavy (non-hydrogen) atoms. The molecule has 0 radical (unpaired) electrons. The van der Waals surface area contributed by atoms with Crippen molar-refractivity contribution >= 4 is 23.6 Å². The summed E-state index contributed by atoms with van der Waals surface area (Å²) in [6.45, 7) is 2.12. The molecule has 1 aromatic rings. The van der Waals surface area contributed by atoms with Crippen LogP contribution in [0.3, 0.4) is 0 Å². The molecule has 4 nitrogen and oxygen atoms in total. The van der Waals surface area contributed by atoms with E-state index in [-0.39, 0.29) is 23.8 Å². The predicted octanol–water partition coefficient (Wildman–Crippen LogP) is 1.82. The summed E-state index contributed by atoms with van der Waals surface area (Å²) < 4.78 is 4.89. The third kappa shape index (κ3) is 2.85. The Bertz CT molecular complexity index is 435. The van der Waals surface area contributed by atoms with E-state index in [1.165, 1.54) is 0 Å². The summed E-state index contributed by atoms with van der Waals surface area (Å²) in [5.74, 6) is 0.0510. The number of rotatable bonds is 4. The van der Waals surface area contributed by atoms with Crippen molar-refractivity contribution in [3.63, 3.8) is 0 Å². The summed E-state index contributed by atoms with van der Waals surface area (Å²) in [4.78, 5) is 24.9. The van der Waals surface area contributed by atoms with Crippen molar-refractivity contribution in [1.82, 2.24) is 4.90 Å². The number of carbonyl (C=O) groups excluding carboxylic acids is 2. The Morgan fingerprint density at radius 2 is 2.17 bits per heavy atom. The maximum Gasteiger partial charge on any atom is 0.325 e. The monoisotopic (exact) mass is 265 g/mol. The lowest BCUT2D eigenvalue weighted by molar-refractivity contribution is -0.148. The summed E-state index contributed by atoms with van der Waals surface area (Å²) in [6, 6.07) is 9.73. The first-order valence-electron chi connectivity index (χ1n) is 5.84. The summed E-state index contributed by atoms with van der Waals surface area (Å²) in [6.07, 6.45) is 0. The molecule has 0 aliphatic carbocycles. The van der Waals surface area contributed by atoms with Crippen molar-refractivity contribution in [2.75, 3.05) is 18.9 Å². The quantitative estimate of drug-likeness (QED) is 0.779. The molecule has 1 atom stereocenters. The predicted molar refractivity (Wildman–Crippen MR) is 70.0 cm³/mol. The Morgan fingerprint density at radius 3 is 2.83 bits per heavy atom. The summed E-state index contributed by atoms with van der Waals surface area (Å²) in [5, 5.41) is -0.0805. The highest BCUT2D eigenvalue weighted by molar-refractivity contribution is 8.00. The van der Waals surface area contributed by atoms with Crippen LogP contribution in [0.25, 0.3) is 0 Å². The van der Waals surface area contributed by atoms with E-state index in [1.807, 2.05) is 30.3 Å². The Kier molecular flexibility index (Phi) is 4.25. The molecule has 1 aliphatic rings. The topological polar surface area (TPSA) is 46.6 Å². The normalized spacial score (nSPS) is 19.1. The van der Waals surface area contributed by atoms with Crippen LogP contribution in [0.4, 0.5) is 0 Å². The number of benzene rings is 1. The van der Waals surface area contributed by atoms with Crippen molar-refractivity contribution in [3.05, 3.63) is 35.9 Å². The Morgan fingerprint density at radius 1 is 1.44 bits per heavy atom. The van der Waals surface area contributed by atoms with Crippen LogP contribution in [0.5, 0.6) is 0 Å². The van der Waals surface area contributed by atoms with Gasteiger partial charge in [-0.25, -0.2) is 0 Å². The van der Waals surface area contributed by atoms with Crippen LogP contribution in [-0.4, -0.2) is 35.7 Å². The zero-order chi connectivity index (χ0) is 13.0. The van der Waals surface area contributed by atoms with E-state index in [9.17, 15) is 9.59 Å². The maximum absolute atomic E-state index is 11.8. The second-order valence-electron chi connectivity index (χ2n) is 3.90. The van der Waals surface area contributed by atoms with E-state index < -0.39 is 0 Å². The van der Waals surface area contributed by atoms with Crippen molar-refractivity contribution in [2.45, 2.75) is 12.3 Å². The molecule has 0 saturated carbocycles. The minimum absolute atomic E-state index is 0.0121. The van der Waals surface area contributed by atoms with Crippen LogP contribution in [0.2, 0.25) is 0 Å². The van der Waals surface area contributed by atoms with Crippen LogP contribution in [-0.2, 0) is 14.3 Å². The average Bonchev–Trinajstić information content (AvgIpc) is 2.73. The fourth-order valence-electron chi connectivity index (χ4n) is 1.86. The molecular formula is C13H15NO3S. The van der Waals surface area contributed by atoms with Crippen LogP contribution >= 0.6 is 11.8 Å². The molecular weight excluding hydrogens is 250 g/mol. The van der Waals surface area contributed by atoms with Gasteiger partial charge in [-0.3, -0.25) is 9.59 Å². The van der Waals surface area contributed by atoms with Gasteiger partial charge in [0.15, 0.2) is 0 Å². The Labute approximate surface area is 110 Å². The van der Waals surface area contributed by atoms with Gasteiger partial charge in [-0.15, -0.1) is 11.8 Å². The fraction of sp³-hybridized carbons (Fsp3) is 0.385. The number of esters is 1.